The highest BCUT2D eigenvalue weighted by Gasteiger charge is 2.31. The molecule has 0 heterocycles. The van der Waals surface area contributed by atoms with Crippen molar-refractivity contribution < 1.29 is 0 Å². The molecule has 1 rings (SSSR count). The maximum absolute atomic E-state index is 9.10. The summed E-state index contributed by atoms with van der Waals surface area (Å²) in [5.41, 5.74) is -0.479. The highest BCUT2D eigenvalue weighted by atomic mass is 15.1. The highest BCUT2D eigenvalue weighted by Crippen LogP contribution is 2.31. The first-order valence-corrected chi connectivity index (χ1v) is 5.48. The van der Waals surface area contributed by atoms with Gasteiger partial charge >= 0.3 is 0 Å². The predicted molar refractivity (Wildman–Crippen MR) is 56.0 cm³/mol. The summed E-state index contributed by atoms with van der Waals surface area (Å²) >= 11 is 0. The number of nitrogens with zero attached hydrogens (tertiary/aromatic N) is 3. The van der Waals surface area contributed by atoms with Crippen LogP contribution >= 0.6 is 0 Å². The molecule has 0 radical (unpaired) electrons. The molecular formula is C11H19N3. The Kier molecular flexibility index (Phi) is 4.06. The number of nitriles is 1. The fourth-order valence-electron chi connectivity index (χ4n) is 1.71. The van der Waals surface area contributed by atoms with Crippen molar-refractivity contribution in [2.45, 2.75) is 51.5 Å². The fraction of sp³-hybridized carbons (Fsp3) is 0.909. The average molecular weight is 193 g/mol. The van der Waals surface area contributed by atoms with Gasteiger partial charge in [0.05, 0.1) is 12.6 Å². The van der Waals surface area contributed by atoms with Gasteiger partial charge in [-0.05, 0) is 31.6 Å². The molecule has 1 saturated carbocycles. The lowest BCUT2D eigenvalue weighted by atomic mass is 9.84. The lowest BCUT2D eigenvalue weighted by Gasteiger charge is -2.25. The molecule has 0 amide bonds. The first-order valence-electron chi connectivity index (χ1n) is 5.48. The molecule has 0 atom stereocenters. The van der Waals surface area contributed by atoms with E-state index in [1.807, 2.05) is 0 Å². The third-order valence-corrected chi connectivity index (χ3v) is 2.60. The Morgan fingerprint density at radius 2 is 1.93 bits per heavy atom. The fourth-order valence-corrected chi connectivity index (χ4v) is 1.71. The van der Waals surface area contributed by atoms with E-state index in [1.165, 1.54) is 6.42 Å². The molecule has 0 aromatic heterocycles. The summed E-state index contributed by atoms with van der Waals surface area (Å²) in [6.07, 6.45) is 5.27. The van der Waals surface area contributed by atoms with Crippen LogP contribution in [-0.2, 0) is 0 Å². The third-order valence-electron chi connectivity index (χ3n) is 2.60. The molecule has 0 bridgehead atoms. The maximum atomic E-state index is 9.10. The van der Waals surface area contributed by atoms with Crippen LogP contribution in [0.4, 0.5) is 0 Å². The summed E-state index contributed by atoms with van der Waals surface area (Å²) in [4.78, 5) is 0. The van der Waals surface area contributed by atoms with Gasteiger partial charge in [-0.25, -0.2) is 0 Å². The molecular weight excluding hydrogens is 174 g/mol. The Balaban J connectivity index is 2.52. The minimum absolute atomic E-state index is 0.479. The van der Waals surface area contributed by atoms with Gasteiger partial charge < -0.3 is 0 Å². The van der Waals surface area contributed by atoms with Crippen LogP contribution in [-0.4, -0.2) is 12.1 Å². The van der Waals surface area contributed by atoms with E-state index >= 15 is 0 Å². The zero-order valence-corrected chi connectivity index (χ0v) is 9.16. The van der Waals surface area contributed by atoms with E-state index in [9.17, 15) is 0 Å². The van der Waals surface area contributed by atoms with E-state index in [1.54, 1.807) is 0 Å². The van der Waals surface area contributed by atoms with Crippen LogP contribution in [0, 0.1) is 17.2 Å². The van der Waals surface area contributed by atoms with Gasteiger partial charge in [-0.3, -0.25) is 0 Å². The van der Waals surface area contributed by atoms with Crippen molar-refractivity contribution in [3.63, 3.8) is 0 Å². The molecule has 0 N–H and O–H groups in total. The van der Waals surface area contributed by atoms with Crippen LogP contribution in [0.3, 0.4) is 0 Å². The van der Waals surface area contributed by atoms with Crippen molar-refractivity contribution in [3.05, 3.63) is 0 Å². The molecule has 14 heavy (non-hydrogen) atoms. The van der Waals surface area contributed by atoms with E-state index in [2.05, 4.69) is 30.1 Å². The summed E-state index contributed by atoms with van der Waals surface area (Å²) in [5, 5.41) is 17.5. The van der Waals surface area contributed by atoms with Gasteiger partial charge in [-0.1, -0.05) is 20.3 Å². The second-order valence-corrected chi connectivity index (χ2v) is 4.52. The van der Waals surface area contributed by atoms with Gasteiger partial charge in [0, 0.05) is 0 Å². The van der Waals surface area contributed by atoms with Gasteiger partial charge in [-0.2, -0.15) is 15.5 Å². The normalized spacial score (nSPS) is 21.3. The zero-order valence-electron chi connectivity index (χ0n) is 9.16. The van der Waals surface area contributed by atoms with Crippen LogP contribution in [0.15, 0.2) is 10.2 Å². The molecule has 1 aliphatic rings. The molecule has 3 heteroatoms. The van der Waals surface area contributed by atoms with E-state index in [-0.39, 0.29) is 0 Å². The second-order valence-electron chi connectivity index (χ2n) is 4.52. The van der Waals surface area contributed by atoms with Gasteiger partial charge in [0.25, 0.3) is 0 Å². The third kappa shape index (κ3) is 3.10. The van der Waals surface area contributed by atoms with Crippen molar-refractivity contribution in [1.82, 2.24) is 0 Å². The molecule has 0 aliphatic heterocycles. The van der Waals surface area contributed by atoms with E-state index < -0.39 is 5.54 Å². The van der Waals surface area contributed by atoms with Crippen LogP contribution in [0.2, 0.25) is 0 Å². The van der Waals surface area contributed by atoms with Crippen LogP contribution < -0.4 is 0 Å². The van der Waals surface area contributed by atoms with Crippen molar-refractivity contribution >= 4 is 0 Å². The lowest BCUT2D eigenvalue weighted by molar-refractivity contribution is 0.352. The molecule has 0 aromatic rings. The molecule has 1 aliphatic carbocycles. The van der Waals surface area contributed by atoms with Crippen molar-refractivity contribution in [2.24, 2.45) is 16.1 Å². The van der Waals surface area contributed by atoms with E-state index in [0.717, 1.165) is 32.2 Å². The zero-order chi connectivity index (χ0) is 10.4. The van der Waals surface area contributed by atoms with Crippen LogP contribution in [0.25, 0.3) is 0 Å². The van der Waals surface area contributed by atoms with E-state index in [0.29, 0.717) is 5.92 Å². The molecule has 1 fully saturated rings. The SMILES string of the molecule is CC(C)CN=NC1(C#N)CCCCC1. The number of rotatable bonds is 3. The molecule has 0 unspecified atom stereocenters. The number of hydrogen-bond donors (Lipinski definition) is 0. The monoisotopic (exact) mass is 193 g/mol. The molecule has 0 saturated heterocycles. The van der Waals surface area contributed by atoms with Crippen molar-refractivity contribution in [2.75, 3.05) is 6.54 Å². The van der Waals surface area contributed by atoms with Gasteiger partial charge in [0.15, 0.2) is 5.54 Å². The summed E-state index contributed by atoms with van der Waals surface area (Å²) in [6, 6.07) is 2.33. The van der Waals surface area contributed by atoms with E-state index in [4.69, 9.17) is 5.26 Å². The summed E-state index contributed by atoms with van der Waals surface area (Å²) in [6.45, 7) is 4.96. The Bertz CT molecular complexity index is 231. The van der Waals surface area contributed by atoms with Crippen molar-refractivity contribution in [3.8, 4) is 6.07 Å². The minimum atomic E-state index is -0.479. The Labute approximate surface area is 86.2 Å². The minimum Gasteiger partial charge on any atom is -0.196 e. The lowest BCUT2D eigenvalue weighted by Crippen LogP contribution is -2.26. The topological polar surface area (TPSA) is 48.5 Å². The Morgan fingerprint density at radius 3 is 2.43 bits per heavy atom. The summed E-state index contributed by atoms with van der Waals surface area (Å²) in [7, 11) is 0. The van der Waals surface area contributed by atoms with Crippen LogP contribution in [0.5, 0.6) is 0 Å². The average Bonchev–Trinajstić information content (AvgIpc) is 2.19. The first-order chi connectivity index (χ1) is 6.68. The number of hydrogen-bond acceptors (Lipinski definition) is 3. The smallest absolute Gasteiger partial charge is 0.167 e. The van der Waals surface area contributed by atoms with Crippen LogP contribution in [0.1, 0.15) is 46.0 Å². The largest absolute Gasteiger partial charge is 0.196 e. The Hall–Kier alpha value is -0.910. The second kappa shape index (κ2) is 5.09. The van der Waals surface area contributed by atoms with Gasteiger partial charge in [-0.15, -0.1) is 0 Å². The highest BCUT2D eigenvalue weighted by molar-refractivity contribution is 5.07. The quantitative estimate of drug-likeness (QED) is 0.634. The molecule has 3 nitrogen and oxygen atoms in total. The van der Waals surface area contributed by atoms with Gasteiger partial charge in [0.1, 0.15) is 0 Å². The maximum Gasteiger partial charge on any atom is 0.167 e. The summed E-state index contributed by atoms with van der Waals surface area (Å²) < 4.78 is 0. The first kappa shape index (κ1) is 11.2. The van der Waals surface area contributed by atoms with Gasteiger partial charge in [0.2, 0.25) is 0 Å². The predicted octanol–water partition coefficient (Wildman–Crippen LogP) is 3.32. The molecule has 0 spiro atoms. The molecule has 78 valence electrons. The molecule has 0 aromatic carbocycles. The van der Waals surface area contributed by atoms with Crippen molar-refractivity contribution in [1.29, 1.82) is 5.26 Å². The summed E-state index contributed by atoms with van der Waals surface area (Å²) in [5.74, 6) is 0.526. The Morgan fingerprint density at radius 1 is 1.29 bits per heavy atom. The standard InChI is InChI=1S/C11H19N3/c1-10(2)8-13-14-11(9-12)6-4-3-5-7-11/h10H,3-8H2,1-2H3. The number of azo groups is 1.